The first-order chi connectivity index (χ1) is 7.83. The van der Waals surface area contributed by atoms with Crippen LogP contribution >= 0.6 is 0 Å². The molecule has 0 atom stereocenters. The lowest BCUT2D eigenvalue weighted by Crippen LogP contribution is -1.69. The number of hydrogen-bond acceptors (Lipinski definition) is 1. The molecule has 1 heteroatoms. The van der Waals surface area contributed by atoms with Crippen LogP contribution in [-0.4, -0.2) is 7.05 Å². The van der Waals surface area contributed by atoms with E-state index in [4.69, 9.17) is 0 Å². The van der Waals surface area contributed by atoms with Crippen LogP contribution in [0.3, 0.4) is 0 Å². The molecule has 0 aromatic heterocycles. The van der Waals surface area contributed by atoms with Crippen LogP contribution in [0.4, 0.5) is 0 Å². The number of rotatable bonds is 1. The van der Waals surface area contributed by atoms with Crippen molar-refractivity contribution in [2.24, 2.45) is 5.73 Å². The van der Waals surface area contributed by atoms with Crippen molar-refractivity contribution < 1.29 is 0 Å². The topological polar surface area (TPSA) is 26.0 Å². The Kier molecular flexibility index (Phi) is 169. The first-order valence-electron chi connectivity index (χ1n) is 6.22. The maximum atomic E-state index is 4.50. The maximum absolute atomic E-state index is 4.50. The molecule has 0 aromatic rings. The molecule has 0 amide bonds. The van der Waals surface area contributed by atoms with Crippen molar-refractivity contribution in [1.29, 1.82) is 0 Å². The fourth-order valence-electron chi connectivity index (χ4n) is 0.222. The van der Waals surface area contributed by atoms with Gasteiger partial charge in [0.25, 0.3) is 0 Å². The summed E-state index contributed by atoms with van der Waals surface area (Å²) >= 11 is 0. The molecular formula is C15H35N. The third-order valence-electron chi connectivity index (χ3n) is 0.829. The Balaban J connectivity index is -0.0000000354. The third kappa shape index (κ3) is 193. The third-order valence-corrected chi connectivity index (χ3v) is 0.829. The van der Waals surface area contributed by atoms with Crippen LogP contribution in [0.5, 0.6) is 0 Å². The van der Waals surface area contributed by atoms with Crippen molar-refractivity contribution in [2.75, 3.05) is 7.05 Å². The van der Waals surface area contributed by atoms with Gasteiger partial charge in [0.1, 0.15) is 0 Å². The molecule has 0 aliphatic carbocycles. The van der Waals surface area contributed by atoms with Gasteiger partial charge in [-0.15, -0.1) is 0 Å². The van der Waals surface area contributed by atoms with E-state index >= 15 is 0 Å². The minimum Gasteiger partial charge on any atom is -0.333 e. The molecule has 0 fully saturated rings. The smallest absolute Gasteiger partial charge is 0.0195 e. The van der Waals surface area contributed by atoms with Crippen molar-refractivity contribution in [3.05, 3.63) is 36.5 Å². The first-order valence-corrected chi connectivity index (χ1v) is 6.22. The standard InChI is InChI=1S/C6H10.C4H8.2C2H6.CH5N/c1-3-5-6-4-2;1-3-4-2;3*1-2/h3-6H,1-2H3;3-4H,1-2H3;2*1-2H3;2H2,1H3/b5-3-,6-4-;4-3-;;;. The lowest BCUT2D eigenvalue weighted by molar-refractivity contribution is 1.48. The molecule has 2 N–H and O–H groups in total. The van der Waals surface area contributed by atoms with E-state index in [9.17, 15) is 0 Å². The van der Waals surface area contributed by atoms with E-state index in [1.54, 1.807) is 0 Å². The Labute approximate surface area is 105 Å². The summed E-state index contributed by atoms with van der Waals surface area (Å²) in [5.41, 5.74) is 4.50. The van der Waals surface area contributed by atoms with E-state index in [-0.39, 0.29) is 0 Å². The van der Waals surface area contributed by atoms with Gasteiger partial charge >= 0.3 is 0 Å². The van der Waals surface area contributed by atoms with Crippen LogP contribution in [0.2, 0.25) is 0 Å². The second-order valence-electron chi connectivity index (χ2n) is 1.72. The SMILES string of the molecule is C/C=C\C.C/C=C\C=C/C.CC.CC.CN. The highest BCUT2D eigenvalue weighted by Crippen LogP contribution is 1.71. The second-order valence-corrected chi connectivity index (χ2v) is 1.72. The highest BCUT2D eigenvalue weighted by Gasteiger charge is 1.48. The minimum absolute atomic E-state index is 1.50. The van der Waals surface area contributed by atoms with Gasteiger partial charge in [0.05, 0.1) is 0 Å². The monoisotopic (exact) mass is 229 g/mol. The zero-order valence-corrected chi connectivity index (χ0v) is 13.0. The first kappa shape index (κ1) is 29.5. The van der Waals surface area contributed by atoms with Gasteiger partial charge in [-0.25, -0.2) is 0 Å². The summed E-state index contributed by atoms with van der Waals surface area (Å²) in [4.78, 5) is 0. The molecule has 0 saturated heterocycles. The van der Waals surface area contributed by atoms with Gasteiger partial charge in [0.15, 0.2) is 0 Å². The Hall–Kier alpha value is -0.820. The van der Waals surface area contributed by atoms with Crippen molar-refractivity contribution in [2.45, 2.75) is 55.4 Å². The van der Waals surface area contributed by atoms with Crippen LogP contribution in [-0.2, 0) is 0 Å². The van der Waals surface area contributed by atoms with E-state index in [2.05, 4.69) is 5.73 Å². The summed E-state index contributed by atoms with van der Waals surface area (Å²) in [6.45, 7) is 16.0. The fraction of sp³-hybridized carbons (Fsp3) is 0.600. The largest absolute Gasteiger partial charge is 0.333 e. The minimum atomic E-state index is 1.50. The summed E-state index contributed by atoms with van der Waals surface area (Å²) in [5, 5.41) is 0. The summed E-state index contributed by atoms with van der Waals surface area (Å²) in [7, 11) is 1.50. The molecule has 0 rings (SSSR count). The molecule has 0 heterocycles. The zero-order chi connectivity index (χ0) is 14.2. The Bertz CT molecular complexity index is 96.6. The van der Waals surface area contributed by atoms with Gasteiger partial charge in [-0.05, 0) is 34.7 Å². The molecule has 0 aliphatic rings. The van der Waals surface area contributed by atoms with Gasteiger partial charge in [0.2, 0.25) is 0 Å². The number of nitrogens with two attached hydrogens (primary N) is 1. The molecule has 0 radical (unpaired) electrons. The maximum Gasteiger partial charge on any atom is -0.0195 e. The lowest BCUT2D eigenvalue weighted by atomic mass is 10.5. The van der Waals surface area contributed by atoms with Gasteiger partial charge in [0, 0.05) is 0 Å². The average molecular weight is 229 g/mol. The van der Waals surface area contributed by atoms with Crippen molar-refractivity contribution in [1.82, 2.24) is 0 Å². The molecule has 0 bridgehead atoms. The van der Waals surface area contributed by atoms with Crippen LogP contribution in [0.15, 0.2) is 36.5 Å². The molecular weight excluding hydrogens is 194 g/mol. The Morgan fingerprint density at radius 2 is 0.688 bits per heavy atom. The molecule has 0 aromatic carbocycles. The van der Waals surface area contributed by atoms with E-state index in [1.807, 2.05) is 91.8 Å². The van der Waals surface area contributed by atoms with Crippen molar-refractivity contribution in [3.8, 4) is 0 Å². The molecule has 0 saturated carbocycles. The number of hydrogen-bond donors (Lipinski definition) is 1. The molecule has 16 heavy (non-hydrogen) atoms. The van der Waals surface area contributed by atoms with Gasteiger partial charge < -0.3 is 5.73 Å². The highest BCUT2D eigenvalue weighted by molar-refractivity contribution is 4.98. The predicted molar refractivity (Wildman–Crippen MR) is 82.9 cm³/mol. The summed E-state index contributed by atoms with van der Waals surface area (Å²) in [6.07, 6.45) is 12.0. The molecule has 1 nitrogen and oxygen atoms in total. The summed E-state index contributed by atoms with van der Waals surface area (Å²) in [6, 6.07) is 0. The fourth-order valence-corrected chi connectivity index (χ4v) is 0.222. The van der Waals surface area contributed by atoms with Gasteiger partial charge in [-0.2, -0.15) is 0 Å². The van der Waals surface area contributed by atoms with Gasteiger partial charge in [-0.1, -0.05) is 64.2 Å². The number of allylic oxidation sites excluding steroid dienone is 6. The van der Waals surface area contributed by atoms with Crippen LogP contribution in [0, 0.1) is 0 Å². The highest BCUT2D eigenvalue weighted by atomic mass is 14.4. The Morgan fingerprint density at radius 1 is 0.500 bits per heavy atom. The van der Waals surface area contributed by atoms with Gasteiger partial charge in [-0.3, -0.25) is 0 Å². The molecule has 0 spiro atoms. The quantitative estimate of drug-likeness (QED) is 0.476. The summed E-state index contributed by atoms with van der Waals surface area (Å²) in [5.74, 6) is 0. The van der Waals surface area contributed by atoms with E-state index < -0.39 is 0 Å². The zero-order valence-electron chi connectivity index (χ0n) is 13.0. The molecule has 0 aliphatic heterocycles. The second kappa shape index (κ2) is 91.8. The van der Waals surface area contributed by atoms with Crippen molar-refractivity contribution >= 4 is 0 Å². The van der Waals surface area contributed by atoms with E-state index in [1.165, 1.54) is 7.05 Å². The molecule has 100 valence electrons. The van der Waals surface area contributed by atoms with Crippen LogP contribution < -0.4 is 5.73 Å². The Morgan fingerprint density at radius 3 is 0.750 bits per heavy atom. The molecule has 0 unspecified atom stereocenters. The average Bonchev–Trinajstić information content (AvgIpc) is 2.43. The van der Waals surface area contributed by atoms with Crippen molar-refractivity contribution in [3.63, 3.8) is 0 Å². The predicted octanol–water partition coefficient (Wildman–Crippen LogP) is 5.35. The van der Waals surface area contributed by atoms with E-state index in [0.29, 0.717) is 0 Å². The lowest BCUT2D eigenvalue weighted by Gasteiger charge is -1.62. The normalized spacial score (nSPS) is 7.88. The van der Waals surface area contributed by atoms with Crippen LogP contribution in [0.25, 0.3) is 0 Å². The van der Waals surface area contributed by atoms with Crippen LogP contribution in [0.1, 0.15) is 55.4 Å². The van der Waals surface area contributed by atoms with E-state index in [0.717, 1.165) is 0 Å². The summed E-state index contributed by atoms with van der Waals surface area (Å²) < 4.78 is 0.